The molecule has 4 heteroatoms. The fourth-order valence-electron chi connectivity index (χ4n) is 4.20. The van der Waals surface area contributed by atoms with E-state index in [-0.39, 0.29) is 0 Å². The van der Waals surface area contributed by atoms with Crippen LogP contribution in [0.4, 0.5) is 17.5 Å². The number of nitrogens with zero attached hydrogens (tertiary/aromatic N) is 2. The topological polar surface area (TPSA) is 49.8 Å². The molecule has 4 nitrogen and oxygen atoms in total. The van der Waals surface area contributed by atoms with Gasteiger partial charge < -0.3 is 10.6 Å². The van der Waals surface area contributed by atoms with Gasteiger partial charge in [-0.3, -0.25) is 0 Å². The van der Waals surface area contributed by atoms with Gasteiger partial charge in [-0.1, -0.05) is 63.3 Å². The Morgan fingerprint density at radius 3 is 2.66 bits per heavy atom. The second-order valence-corrected chi connectivity index (χ2v) is 8.17. The van der Waals surface area contributed by atoms with Crippen molar-refractivity contribution in [1.82, 2.24) is 9.97 Å². The van der Waals surface area contributed by atoms with Gasteiger partial charge in [0, 0.05) is 17.1 Å². The number of unbranched alkanes of at least 4 members (excludes halogenated alkanes) is 2. The first kappa shape index (κ1) is 19.7. The Hall–Kier alpha value is -2.62. The molecule has 0 spiro atoms. The van der Waals surface area contributed by atoms with Gasteiger partial charge in [0.1, 0.15) is 5.82 Å². The number of anilines is 3. The molecule has 1 aliphatic carbocycles. The second-order valence-electron chi connectivity index (χ2n) is 8.17. The molecular weight excluding hydrogens is 356 g/mol. The lowest BCUT2D eigenvalue weighted by Gasteiger charge is -2.24. The fraction of sp³-hybridized carbons (Fsp3) is 0.440. The van der Waals surface area contributed by atoms with Gasteiger partial charge in [0.25, 0.3) is 0 Å². The zero-order valence-electron chi connectivity index (χ0n) is 17.5. The number of para-hydroxylation sites is 1. The molecule has 0 radical (unpaired) electrons. The van der Waals surface area contributed by atoms with Crippen molar-refractivity contribution < 1.29 is 0 Å². The largest absolute Gasteiger partial charge is 0.367 e. The lowest BCUT2D eigenvalue weighted by atomic mass is 9.95. The molecule has 1 heterocycles. The zero-order chi connectivity index (χ0) is 19.9. The van der Waals surface area contributed by atoms with E-state index in [1.807, 2.05) is 6.07 Å². The van der Waals surface area contributed by atoms with Crippen molar-refractivity contribution in [3.8, 4) is 0 Å². The summed E-state index contributed by atoms with van der Waals surface area (Å²) < 4.78 is 0. The van der Waals surface area contributed by atoms with Gasteiger partial charge in [0.15, 0.2) is 0 Å². The summed E-state index contributed by atoms with van der Waals surface area (Å²) in [6.45, 7) is 2.24. The SMILES string of the molecule is CCCCCc1cccc(Nc2nc(NC3CCCCC3)c3ccccc3n2)c1. The molecule has 0 unspecified atom stereocenters. The zero-order valence-corrected chi connectivity index (χ0v) is 17.5. The maximum Gasteiger partial charge on any atom is 0.229 e. The van der Waals surface area contributed by atoms with Crippen molar-refractivity contribution in [2.24, 2.45) is 0 Å². The molecule has 0 saturated heterocycles. The first-order valence-corrected chi connectivity index (χ1v) is 11.2. The van der Waals surface area contributed by atoms with E-state index in [0.717, 1.165) is 28.8 Å². The molecule has 2 aromatic carbocycles. The van der Waals surface area contributed by atoms with E-state index in [9.17, 15) is 0 Å². The summed E-state index contributed by atoms with van der Waals surface area (Å²) in [6, 6.07) is 17.4. The summed E-state index contributed by atoms with van der Waals surface area (Å²) in [5, 5.41) is 8.24. The van der Waals surface area contributed by atoms with E-state index >= 15 is 0 Å². The minimum absolute atomic E-state index is 0.511. The molecule has 152 valence electrons. The quantitative estimate of drug-likeness (QED) is 0.414. The van der Waals surface area contributed by atoms with Crippen LogP contribution in [0.5, 0.6) is 0 Å². The third-order valence-electron chi connectivity index (χ3n) is 5.80. The molecule has 1 aromatic heterocycles. The van der Waals surface area contributed by atoms with E-state index in [1.165, 1.54) is 56.9 Å². The highest BCUT2D eigenvalue weighted by molar-refractivity contribution is 5.90. The Bertz CT molecular complexity index is 931. The van der Waals surface area contributed by atoms with Crippen LogP contribution in [0, 0.1) is 0 Å². The molecule has 0 aliphatic heterocycles. The van der Waals surface area contributed by atoms with Crippen LogP contribution in [0.3, 0.4) is 0 Å². The van der Waals surface area contributed by atoms with Crippen molar-refractivity contribution in [2.45, 2.75) is 70.8 Å². The maximum absolute atomic E-state index is 4.86. The summed E-state index contributed by atoms with van der Waals surface area (Å²) in [4.78, 5) is 9.63. The molecule has 0 atom stereocenters. The third kappa shape index (κ3) is 5.26. The van der Waals surface area contributed by atoms with E-state index in [4.69, 9.17) is 9.97 Å². The van der Waals surface area contributed by atoms with E-state index in [2.05, 4.69) is 60.0 Å². The van der Waals surface area contributed by atoms with Crippen molar-refractivity contribution in [1.29, 1.82) is 0 Å². The monoisotopic (exact) mass is 388 g/mol. The second kappa shape index (κ2) is 9.73. The van der Waals surface area contributed by atoms with Crippen molar-refractivity contribution in [2.75, 3.05) is 10.6 Å². The van der Waals surface area contributed by atoms with Crippen LogP contribution in [-0.4, -0.2) is 16.0 Å². The first-order valence-electron chi connectivity index (χ1n) is 11.2. The van der Waals surface area contributed by atoms with E-state index < -0.39 is 0 Å². The average molecular weight is 389 g/mol. The summed E-state index contributed by atoms with van der Waals surface area (Å²) in [7, 11) is 0. The van der Waals surface area contributed by atoms with Gasteiger partial charge in [0.2, 0.25) is 5.95 Å². The minimum atomic E-state index is 0.511. The Kier molecular flexibility index (Phi) is 6.60. The molecule has 29 heavy (non-hydrogen) atoms. The highest BCUT2D eigenvalue weighted by Gasteiger charge is 2.16. The third-order valence-corrected chi connectivity index (χ3v) is 5.80. The number of nitrogens with one attached hydrogen (secondary N) is 2. The molecule has 0 bridgehead atoms. The molecule has 1 fully saturated rings. The number of hydrogen-bond acceptors (Lipinski definition) is 4. The lowest BCUT2D eigenvalue weighted by Crippen LogP contribution is -2.23. The predicted octanol–water partition coefficient (Wildman–Crippen LogP) is 6.85. The smallest absolute Gasteiger partial charge is 0.229 e. The maximum atomic E-state index is 4.86. The summed E-state index contributed by atoms with van der Waals surface area (Å²) in [6.07, 6.45) is 11.3. The number of benzene rings is 2. The Morgan fingerprint density at radius 1 is 0.931 bits per heavy atom. The normalized spacial score (nSPS) is 14.8. The fourth-order valence-corrected chi connectivity index (χ4v) is 4.20. The number of rotatable bonds is 8. The number of aromatic nitrogens is 2. The molecule has 1 aliphatic rings. The van der Waals surface area contributed by atoms with Crippen LogP contribution in [0.25, 0.3) is 10.9 Å². The van der Waals surface area contributed by atoms with Gasteiger partial charge >= 0.3 is 0 Å². The van der Waals surface area contributed by atoms with Crippen LogP contribution in [0.1, 0.15) is 63.9 Å². The molecule has 2 N–H and O–H groups in total. The van der Waals surface area contributed by atoms with Crippen LogP contribution >= 0.6 is 0 Å². The Balaban J connectivity index is 1.56. The predicted molar refractivity (Wildman–Crippen MR) is 123 cm³/mol. The lowest BCUT2D eigenvalue weighted by molar-refractivity contribution is 0.462. The van der Waals surface area contributed by atoms with Gasteiger partial charge in [-0.2, -0.15) is 4.98 Å². The molecule has 4 rings (SSSR count). The van der Waals surface area contributed by atoms with Crippen LogP contribution < -0.4 is 10.6 Å². The van der Waals surface area contributed by atoms with Crippen LogP contribution in [0.15, 0.2) is 48.5 Å². The highest BCUT2D eigenvalue weighted by Crippen LogP contribution is 2.27. The number of fused-ring (bicyclic) bond motifs is 1. The van der Waals surface area contributed by atoms with Crippen LogP contribution in [-0.2, 0) is 6.42 Å². The molecular formula is C25H32N4. The van der Waals surface area contributed by atoms with Gasteiger partial charge in [-0.15, -0.1) is 0 Å². The van der Waals surface area contributed by atoms with Crippen molar-refractivity contribution >= 4 is 28.4 Å². The molecule has 3 aromatic rings. The number of hydrogen-bond donors (Lipinski definition) is 2. The summed E-state index contributed by atoms with van der Waals surface area (Å²) >= 11 is 0. The summed E-state index contributed by atoms with van der Waals surface area (Å²) in [5.41, 5.74) is 3.39. The molecule has 0 amide bonds. The first-order chi connectivity index (χ1) is 14.3. The van der Waals surface area contributed by atoms with E-state index in [0.29, 0.717) is 12.0 Å². The Labute approximate surface area is 174 Å². The Morgan fingerprint density at radius 2 is 1.79 bits per heavy atom. The van der Waals surface area contributed by atoms with Gasteiger partial charge in [0.05, 0.1) is 5.52 Å². The standard InChI is InChI=1S/C25H32N4/c1-2-3-5-11-19-12-10-15-21(18-19)27-25-28-23-17-9-8-16-22(23)24(29-25)26-20-13-6-4-7-14-20/h8-10,12,15-18,20H,2-7,11,13-14H2,1H3,(H2,26,27,28,29). The van der Waals surface area contributed by atoms with Crippen molar-refractivity contribution in [3.63, 3.8) is 0 Å². The van der Waals surface area contributed by atoms with Gasteiger partial charge in [-0.25, -0.2) is 4.98 Å². The summed E-state index contributed by atoms with van der Waals surface area (Å²) in [5.74, 6) is 1.61. The van der Waals surface area contributed by atoms with Crippen LogP contribution in [0.2, 0.25) is 0 Å². The molecule has 1 saturated carbocycles. The van der Waals surface area contributed by atoms with Crippen molar-refractivity contribution in [3.05, 3.63) is 54.1 Å². The number of aryl methyl sites for hydroxylation is 1. The minimum Gasteiger partial charge on any atom is -0.367 e. The van der Waals surface area contributed by atoms with E-state index in [1.54, 1.807) is 0 Å². The van der Waals surface area contributed by atoms with Gasteiger partial charge in [-0.05, 0) is 55.5 Å². The average Bonchev–Trinajstić information content (AvgIpc) is 2.75. The highest BCUT2D eigenvalue weighted by atomic mass is 15.2.